The molecule has 5 aromatic carbocycles. The number of para-hydroxylation sites is 4. The third-order valence-corrected chi connectivity index (χ3v) is 12.2. The van der Waals surface area contributed by atoms with Gasteiger partial charge in [0.2, 0.25) is 5.95 Å². The van der Waals surface area contributed by atoms with Gasteiger partial charge < -0.3 is 34.9 Å². The van der Waals surface area contributed by atoms with E-state index in [-0.39, 0.29) is 18.1 Å². The average molecular weight is 819 g/mol. The molecule has 314 valence electrons. The molecule has 61 heavy (non-hydrogen) atoms. The fourth-order valence-electron chi connectivity index (χ4n) is 9.20. The molecule has 12 heteroatoms. The number of hydrogen-bond donors (Lipinski definition) is 3. The van der Waals surface area contributed by atoms with Gasteiger partial charge >= 0.3 is 12.2 Å². The van der Waals surface area contributed by atoms with Crippen molar-refractivity contribution in [1.29, 1.82) is 0 Å². The number of rotatable bonds is 11. The smallest absolute Gasteiger partial charge is 0.407 e. The minimum atomic E-state index is -0.836. The number of nitrogen functional groups attached to an aromatic ring is 1. The molecule has 0 radical (unpaired) electrons. The molecule has 0 bridgehead atoms. The zero-order chi connectivity index (χ0) is 42.1. The number of amides is 2. The largest absolute Gasteiger partial charge is 0.465 e. The predicted octanol–water partition coefficient (Wildman–Crippen LogP) is 9.80. The number of carbonyl (C=O) groups is 2. The Morgan fingerprint density at radius 2 is 1.15 bits per heavy atom. The lowest BCUT2D eigenvalue weighted by atomic mass is 9.93. The summed E-state index contributed by atoms with van der Waals surface area (Å²) in [6.07, 6.45) is 3.18. The maximum absolute atomic E-state index is 12.1. The first-order chi connectivity index (χ1) is 29.8. The van der Waals surface area contributed by atoms with Crippen LogP contribution in [0.5, 0.6) is 0 Å². The number of carboxylic acid groups (broad SMARTS) is 2. The van der Waals surface area contributed by atoms with E-state index in [0.29, 0.717) is 25.6 Å². The molecule has 2 atom stereocenters. The number of aromatic nitrogens is 4. The molecular formula is C49H54N8O4. The minimum Gasteiger partial charge on any atom is -0.465 e. The molecule has 2 amide bonds. The number of likely N-dealkylation sites (tertiary alicyclic amines) is 2. The summed E-state index contributed by atoms with van der Waals surface area (Å²) in [6.45, 7) is 4.27. The number of benzene rings is 5. The van der Waals surface area contributed by atoms with Gasteiger partial charge in [-0.2, -0.15) is 0 Å². The Kier molecular flexibility index (Phi) is 12.9. The zero-order valence-electron chi connectivity index (χ0n) is 34.4. The third-order valence-electron chi connectivity index (χ3n) is 12.2. The van der Waals surface area contributed by atoms with Gasteiger partial charge in [-0.05, 0) is 80.5 Å². The quantitative estimate of drug-likeness (QED) is 0.117. The standard InChI is InChI=1S/C30H35N5O2.C19H19N3O2/c31-29-32-27-15-7-8-16-28(27)35(29)26-17-19-34(30(36)37)25(20-26)14-9-18-33(21-23-10-3-1-4-11-23)22-24-12-5-2-6-13-24;23-19(24)21-12-10-15(11-13-21)22-17-9-5-4-8-16(17)20-18(22)14-6-2-1-3-7-14/h1-8,10-13,15-16,25-26H,9,14,17-22H2,(H2,31,32)(H,36,37);1-9,15H,10-13H2,(H,23,24)/t25-,26?;/m0./s1. The molecule has 1 unspecified atom stereocenters. The number of nitrogens with two attached hydrogens (primary N) is 1. The second-order valence-electron chi connectivity index (χ2n) is 16.1. The van der Waals surface area contributed by atoms with E-state index in [1.807, 2.05) is 72.8 Å². The van der Waals surface area contributed by atoms with Crippen LogP contribution >= 0.6 is 0 Å². The number of fused-ring (bicyclic) bond motifs is 2. The lowest BCUT2D eigenvalue weighted by Gasteiger charge is -2.39. The maximum Gasteiger partial charge on any atom is 0.407 e. The van der Waals surface area contributed by atoms with E-state index in [4.69, 9.17) is 15.8 Å². The molecule has 7 aromatic rings. The second-order valence-corrected chi connectivity index (χ2v) is 16.1. The normalized spacial score (nSPS) is 17.1. The van der Waals surface area contributed by atoms with E-state index in [2.05, 4.69) is 85.7 Å². The Labute approximate surface area is 356 Å². The Bertz CT molecular complexity index is 2480. The van der Waals surface area contributed by atoms with Crippen LogP contribution in [0.25, 0.3) is 33.5 Å². The van der Waals surface area contributed by atoms with Gasteiger partial charge in [0.25, 0.3) is 0 Å². The van der Waals surface area contributed by atoms with E-state index < -0.39 is 12.2 Å². The average Bonchev–Trinajstić information content (AvgIpc) is 3.85. The Hall–Kier alpha value is -6.66. The summed E-state index contributed by atoms with van der Waals surface area (Å²) >= 11 is 0. The highest BCUT2D eigenvalue weighted by Gasteiger charge is 2.34. The first-order valence-corrected chi connectivity index (χ1v) is 21.3. The molecule has 4 N–H and O–H groups in total. The molecule has 2 saturated heterocycles. The minimum absolute atomic E-state index is 0.0490. The number of anilines is 1. The number of hydrogen-bond acceptors (Lipinski definition) is 6. The van der Waals surface area contributed by atoms with Crippen LogP contribution in [0.4, 0.5) is 15.5 Å². The van der Waals surface area contributed by atoms with Crippen molar-refractivity contribution in [2.45, 2.75) is 69.7 Å². The van der Waals surface area contributed by atoms with E-state index in [0.717, 1.165) is 91.6 Å². The van der Waals surface area contributed by atoms with Gasteiger partial charge in [-0.1, -0.05) is 115 Å². The van der Waals surface area contributed by atoms with Crippen LogP contribution in [0, 0.1) is 0 Å². The summed E-state index contributed by atoms with van der Waals surface area (Å²) in [4.78, 5) is 38.2. The van der Waals surface area contributed by atoms with Gasteiger partial charge in [-0.25, -0.2) is 19.6 Å². The highest BCUT2D eigenvalue weighted by Crippen LogP contribution is 2.35. The van der Waals surface area contributed by atoms with Gasteiger partial charge in [-0.15, -0.1) is 0 Å². The molecule has 0 spiro atoms. The summed E-state index contributed by atoms with van der Waals surface area (Å²) in [6, 6.07) is 47.7. The van der Waals surface area contributed by atoms with Crippen LogP contribution < -0.4 is 5.73 Å². The van der Waals surface area contributed by atoms with E-state index in [1.54, 1.807) is 4.90 Å². The number of nitrogens with zero attached hydrogens (tertiary/aromatic N) is 7. The van der Waals surface area contributed by atoms with Crippen molar-refractivity contribution >= 4 is 40.2 Å². The third kappa shape index (κ3) is 9.71. The predicted molar refractivity (Wildman–Crippen MR) is 240 cm³/mol. The monoisotopic (exact) mass is 818 g/mol. The topological polar surface area (TPSA) is 146 Å². The summed E-state index contributed by atoms with van der Waals surface area (Å²) in [5.41, 5.74) is 14.0. The molecular weight excluding hydrogens is 765 g/mol. The Morgan fingerprint density at radius 1 is 0.623 bits per heavy atom. The van der Waals surface area contributed by atoms with Crippen molar-refractivity contribution in [3.8, 4) is 11.4 Å². The van der Waals surface area contributed by atoms with Crippen molar-refractivity contribution in [2.24, 2.45) is 0 Å². The molecule has 12 nitrogen and oxygen atoms in total. The molecule has 2 fully saturated rings. The fraction of sp³-hybridized carbons (Fsp3) is 0.306. The number of imidazole rings is 2. The van der Waals surface area contributed by atoms with Crippen molar-refractivity contribution in [3.05, 3.63) is 151 Å². The maximum atomic E-state index is 12.1. The summed E-state index contributed by atoms with van der Waals surface area (Å²) < 4.78 is 4.41. The molecule has 0 saturated carbocycles. The van der Waals surface area contributed by atoms with Crippen LogP contribution in [-0.4, -0.2) is 88.4 Å². The van der Waals surface area contributed by atoms with Crippen LogP contribution in [0.3, 0.4) is 0 Å². The van der Waals surface area contributed by atoms with Crippen molar-refractivity contribution < 1.29 is 19.8 Å². The van der Waals surface area contributed by atoms with E-state index in [1.165, 1.54) is 16.0 Å². The van der Waals surface area contributed by atoms with Crippen molar-refractivity contribution in [1.82, 2.24) is 33.8 Å². The molecule has 0 aliphatic carbocycles. The van der Waals surface area contributed by atoms with Gasteiger partial charge in [0.05, 0.1) is 22.1 Å². The lowest BCUT2D eigenvalue weighted by Crippen LogP contribution is -2.46. The zero-order valence-corrected chi connectivity index (χ0v) is 34.4. The van der Waals surface area contributed by atoms with Crippen LogP contribution in [0.15, 0.2) is 140 Å². The van der Waals surface area contributed by atoms with Gasteiger partial charge in [-0.3, -0.25) is 4.90 Å². The highest BCUT2D eigenvalue weighted by atomic mass is 16.4. The van der Waals surface area contributed by atoms with Crippen LogP contribution in [-0.2, 0) is 13.1 Å². The molecule has 2 aliphatic rings. The van der Waals surface area contributed by atoms with Gasteiger partial charge in [0.15, 0.2) is 0 Å². The highest BCUT2D eigenvalue weighted by molar-refractivity contribution is 5.81. The molecule has 2 aromatic heterocycles. The SMILES string of the molecule is Nc1nc2ccccc2n1C1CCN(C(=O)O)[C@@H](CCCN(Cc2ccccc2)Cc2ccccc2)C1.O=C(O)N1CCC(n2c(-c3ccccc3)nc3ccccc32)CC1. The molecule has 9 rings (SSSR count). The van der Waals surface area contributed by atoms with Crippen LogP contribution in [0.2, 0.25) is 0 Å². The van der Waals surface area contributed by atoms with Crippen molar-refractivity contribution in [2.75, 3.05) is 31.9 Å². The van der Waals surface area contributed by atoms with Crippen molar-refractivity contribution in [3.63, 3.8) is 0 Å². The number of piperidine rings is 2. The van der Waals surface area contributed by atoms with Gasteiger partial charge in [0, 0.05) is 56.4 Å². The summed E-state index contributed by atoms with van der Waals surface area (Å²) in [5, 5.41) is 19.1. The lowest BCUT2D eigenvalue weighted by molar-refractivity contribution is 0.0861. The Balaban J connectivity index is 0.000000184. The van der Waals surface area contributed by atoms with Gasteiger partial charge in [0.1, 0.15) is 5.82 Å². The first kappa shape index (κ1) is 41.1. The summed E-state index contributed by atoms with van der Waals surface area (Å²) in [7, 11) is 0. The van der Waals surface area contributed by atoms with E-state index in [9.17, 15) is 14.7 Å². The molecule has 2 aliphatic heterocycles. The first-order valence-electron chi connectivity index (χ1n) is 21.3. The van der Waals surface area contributed by atoms with E-state index >= 15 is 0 Å². The Morgan fingerprint density at radius 3 is 1.74 bits per heavy atom. The van der Waals surface area contributed by atoms with Crippen LogP contribution in [0.1, 0.15) is 61.7 Å². The molecule has 4 heterocycles. The fourth-order valence-corrected chi connectivity index (χ4v) is 9.20. The summed E-state index contributed by atoms with van der Waals surface area (Å²) in [5.74, 6) is 1.47. The second kappa shape index (κ2) is 19.2.